The van der Waals surface area contributed by atoms with Gasteiger partial charge in [-0.3, -0.25) is 4.79 Å². The van der Waals surface area contributed by atoms with Gasteiger partial charge in [-0.15, -0.1) is 11.8 Å². The topological polar surface area (TPSA) is 46.9 Å². The fraction of sp³-hybridized carbons (Fsp3) is 0.200. The van der Waals surface area contributed by atoms with Crippen LogP contribution in [0.25, 0.3) is 5.69 Å². The molecule has 0 fully saturated rings. The fourth-order valence-corrected chi connectivity index (χ4v) is 4.61. The number of alkyl halides is 3. The summed E-state index contributed by atoms with van der Waals surface area (Å²) < 4.78 is 55.6. The van der Waals surface area contributed by atoms with Crippen LogP contribution in [-0.4, -0.2) is 21.4 Å². The van der Waals surface area contributed by atoms with Crippen molar-refractivity contribution in [3.05, 3.63) is 76.7 Å². The number of aromatic nitrogens is 2. The minimum Gasteiger partial charge on any atom is -0.310 e. The van der Waals surface area contributed by atoms with E-state index in [2.05, 4.69) is 10.4 Å². The third kappa shape index (κ3) is 3.62. The minimum absolute atomic E-state index is 0.00556. The third-order valence-corrected chi connectivity index (χ3v) is 5.88. The Balaban J connectivity index is 1.92. The molecule has 0 spiro atoms. The molecule has 29 heavy (non-hydrogen) atoms. The van der Waals surface area contributed by atoms with Crippen LogP contribution < -0.4 is 5.32 Å². The zero-order chi connectivity index (χ0) is 20.8. The number of hydrogen-bond acceptors (Lipinski definition) is 3. The van der Waals surface area contributed by atoms with Crippen molar-refractivity contribution in [2.24, 2.45) is 0 Å². The largest absolute Gasteiger partial charge is 0.416 e. The van der Waals surface area contributed by atoms with Crippen molar-refractivity contribution in [1.29, 1.82) is 0 Å². The van der Waals surface area contributed by atoms with Crippen molar-refractivity contribution in [2.45, 2.75) is 18.3 Å². The molecule has 3 aromatic rings. The summed E-state index contributed by atoms with van der Waals surface area (Å²) in [6, 6.07) is 10.8. The van der Waals surface area contributed by atoms with Crippen LogP contribution in [0.4, 0.5) is 23.4 Å². The number of anilines is 1. The summed E-state index contributed by atoms with van der Waals surface area (Å²) in [7, 11) is 0. The van der Waals surface area contributed by atoms with Crippen LogP contribution in [0.1, 0.15) is 27.6 Å². The number of benzene rings is 2. The Morgan fingerprint density at radius 2 is 1.83 bits per heavy atom. The summed E-state index contributed by atoms with van der Waals surface area (Å²) in [4.78, 5) is 12.3. The van der Waals surface area contributed by atoms with Crippen molar-refractivity contribution in [1.82, 2.24) is 9.78 Å². The number of carbonyl (C=O) groups is 1. The van der Waals surface area contributed by atoms with Crippen LogP contribution in [0.3, 0.4) is 0 Å². The molecule has 4 nitrogen and oxygen atoms in total. The first-order chi connectivity index (χ1) is 13.8. The number of carbonyl (C=O) groups excluding carboxylic acids is 1. The SMILES string of the molecule is Cc1nn(-c2ccc(F)cc2)c2c1[C@H](c1ccccc1C(F)(F)F)SCC(=O)N2. The summed E-state index contributed by atoms with van der Waals surface area (Å²) in [5.74, 6) is -0.480. The molecule has 0 bridgehead atoms. The van der Waals surface area contributed by atoms with Gasteiger partial charge in [0.25, 0.3) is 0 Å². The van der Waals surface area contributed by atoms with Crippen molar-refractivity contribution in [2.75, 3.05) is 11.1 Å². The predicted octanol–water partition coefficient (Wildman–Crippen LogP) is 5.11. The van der Waals surface area contributed by atoms with E-state index in [4.69, 9.17) is 0 Å². The highest BCUT2D eigenvalue weighted by molar-refractivity contribution is 8.00. The average Bonchev–Trinajstić information content (AvgIpc) is 2.88. The standard InChI is InChI=1S/C20H15F4N3OS/c1-11-17-18(14-4-2-3-5-15(14)20(22,23)24)29-10-16(28)25-19(17)27(26-11)13-8-6-12(21)7-9-13/h2-9,18H,10H2,1H3,(H,25,28)/t18-/m0/s1. The Bertz CT molecular complexity index is 1080. The van der Waals surface area contributed by atoms with E-state index in [1.54, 1.807) is 13.0 Å². The molecular formula is C20H15F4N3OS. The Hall–Kier alpha value is -2.81. The molecule has 1 aliphatic heterocycles. The van der Waals surface area contributed by atoms with Crippen LogP contribution in [-0.2, 0) is 11.0 Å². The fourth-order valence-electron chi connectivity index (χ4n) is 3.38. The Morgan fingerprint density at radius 1 is 1.14 bits per heavy atom. The highest BCUT2D eigenvalue weighted by atomic mass is 32.2. The van der Waals surface area contributed by atoms with E-state index in [1.807, 2.05) is 0 Å². The van der Waals surface area contributed by atoms with Crippen LogP contribution >= 0.6 is 11.8 Å². The number of amides is 1. The Labute approximate surface area is 167 Å². The van der Waals surface area contributed by atoms with Crippen molar-refractivity contribution < 1.29 is 22.4 Å². The summed E-state index contributed by atoms with van der Waals surface area (Å²) in [5.41, 5.74) is 0.810. The van der Waals surface area contributed by atoms with Gasteiger partial charge in [-0.05, 0) is 42.8 Å². The number of thioether (sulfide) groups is 1. The van der Waals surface area contributed by atoms with Gasteiger partial charge in [0, 0.05) is 5.56 Å². The molecule has 0 saturated carbocycles. The summed E-state index contributed by atoms with van der Waals surface area (Å²) in [5, 5.41) is 6.43. The number of nitrogens with one attached hydrogen (secondary N) is 1. The molecule has 2 aromatic carbocycles. The molecule has 4 rings (SSSR count). The van der Waals surface area contributed by atoms with E-state index in [0.717, 1.165) is 17.8 Å². The van der Waals surface area contributed by atoms with Crippen LogP contribution in [0, 0.1) is 12.7 Å². The predicted molar refractivity (Wildman–Crippen MR) is 103 cm³/mol. The second-order valence-corrected chi connectivity index (χ2v) is 7.65. The number of nitrogens with zero attached hydrogens (tertiary/aromatic N) is 2. The summed E-state index contributed by atoms with van der Waals surface area (Å²) in [6.07, 6.45) is -4.53. The van der Waals surface area contributed by atoms with E-state index in [1.165, 1.54) is 41.1 Å². The maximum Gasteiger partial charge on any atom is 0.416 e. The number of aryl methyl sites for hydroxylation is 1. The lowest BCUT2D eigenvalue weighted by Crippen LogP contribution is -2.15. The second-order valence-electron chi connectivity index (χ2n) is 6.56. The van der Waals surface area contributed by atoms with Crippen molar-refractivity contribution >= 4 is 23.5 Å². The first-order valence-electron chi connectivity index (χ1n) is 8.68. The average molecular weight is 421 g/mol. The maximum atomic E-state index is 13.6. The van der Waals surface area contributed by atoms with E-state index >= 15 is 0 Å². The molecule has 1 amide bonds. The van der Waals surface area contributed by atoms with E-state index in [0.29, 0.717) is 22.8 Å². The normalized spacial score (nSPS) is 16.9. The molecule has 1 N–H and O–H groups in total. The Morgan fingerprint density at radius 3 is 2.52 bits per heavy atom. The van der Waals surface area contributed by atoms with Gasteiger partial charge < -0.3 is 5.32 Å². The molecule has 0 unspecified atom stereocenters. The molecule has 1 atom stereocenters. The highest BCUT2D eigenvalue weighted by Crippen LogP contribution is 2.47. The zero-order valence-electron chi connectivity index (χ0n) is 15.1. The molecule has 0 aliphatic carbocycles. The molecule has 0 saturated heterocycles. The first-order valence-corrected chi connectivity index (χ1v) is 9.73. The van der Waals surface area contributed by atoms with Gasteiger partial charge >= 0.3 is 6.18 Å². The van der Waals surface area contributed by atoms with Crippen LogP contribution in [0.15, 0.2) is 48.5 Å². The lowest BCUT2D eigenvalue weighted by atomic mass is 9.98. The smallest absolute Gasteiger partial charge is 0.310 e. The number of hydrogen-bond donors (Lipinski definition) is 1. The monoisotopic (exact) mass is 421 g/mol. The first kappa shape index (κ1) is 19.5. The van der Waals surface area contributed by atoms with E-state index in [9.17, 15) is 22.4 Å². The number of halogens is 4. The van der Waals surface area contributed by atoms with Crippen LogP contribution in [0.5, 0.6) is 0 Å². The quantitative estimate of drug-likeness (QED) is 0.585. The van der Waals surface area contributed by atoms with Gasteiger partial charge in [0.2, 0.25) is 5.91 Å². The zero-order valence-corrected chi connectivity index (χ0v) is 15.9. The second kappa shape index (κ2) is 7.22. The number of rotatable bonds is 2. The summed E-state index contributed by atoms with van der Waals surface area (Å²) >= 11 is 1.12. The van der Waals surface area contributed by atoms with E-state index in [-0.39, 0.29) is 17.2 Å². The number of fused-ring (bicyclic) bond motifs is 1. The van der Waals surface area contributed by atoms with Gasteiger partial charge in [-0.2, -0.15) is 18.3 Å². The molecule has 9 heteroatoms. The molecule has 2 heterocycles. The van der Waals surface area contributed by atoms with Gasteiger partial charge in [-0.1, -0.05) is 18.2 Å². The Kier molecular flexibility index (Phi) is 4.85. The van der Waals surface area contributed by atoms with Crippen molar-refractivity contribution in [3.8, 4) is 5.69 Å². The minimum atomic E-state index is -4.53. The molecule has 1 aromatic heterocycles. The maximum absolute atomic E-state index is 13.6. The van der Waals surface area contributed by atoms with Gasteiger partial charge in [0.1, 0.15) is 11.6 Å². The van der Waals surface area contributed by atoms with Gasteiger partial charge in [0.15, 0.2) is 0 Å². The third-order valence-electron chi connectivity index (χ3n) is 4.63. The molecule has 150 valence electrons. The van der Waals surface area contributed by atoms with Gasteiger partial charge in [0.05, 0.1) is 27.9 Å². The lowest BCUT2D eigenvalue weighted by Gasteiger charge is -2.20. The summed E-state index contributed by atoms with van der Waals surface area (Å²) in [6.45, 7) is 1.68. The molecular weight excluding hydrogens is 406 g/mol. The van der Waals surface area contributed by atoms with Gasteiger partial charge in [-0.25, -0.2) is 9.07 Å². The highest BCUT2D eigenvalue weighted by Gasteiger charge is 2.38. The van der Waals surface area contributed by atoms with Crippen molar-refractivity contribution in [3.63, 3.8) is 0 Å². The lowest BCUT2D eigenvalue weighted by molar-refractivity contribution is -0.138. The molecule has 1 aliphatic rings. The molecule has 0 radical (unpaired) electrons. The van der Waals surface area contributed by atoms with Crippen LogP contribution in [0.2, 0.25) is 0 Å². The van der Waals surface area contributed by atoms with E-state index < -0.39 is 22.8 Å².